The first-order chi connectivity index (χ1) is 19.0. The maximum absolute atomic E-state index is 10.9. The zero-order valence-electron chi connectivity index (χ0n) is 27.3. The normalized spacial score (nSPS) is 13.2. The predicted octanol–water partition coefficient (Wildman–Crippen LogP) is 9.36. The molecule has 0 aromatic carbocycles. The van der Waals surface area contributed by atoms with Gasteiger partial charge < -0.3 is 9.11 Å². The van der Waals surface area contributed by atoms with Gasteiger partial charge in [-0.3, -0.25) is 0 Å². The smallest absolute Gasteiger partial charge is 0.748 e. The Hall–Kier alpha value is 0.742. The van der Waals surface area contributed by atoms with E-state index in [1.165, 1.54) is 89.9 Å². The van der Waals surface area contributed by atoms with Crippen LogP contribution in [0.3, 0.4) is 0 Å². The molecular weight excluding hydrogens is 752 g/mol. The van der Waals surface area contributed by atoms with Gasteiger partial charge in [0.05, 0.1) is 20.2 Å². The Kier molecular flexibility index (Phi) is 36.2. The van der Waals surface area contributed by atoms with E-state index >= 15 is 0 Å². The van der Waals surface area contributed by atoms with Gasteiger partial charge in [0, 0.05) is 11.5 Å². The third-order valence-electron chi connectivity index (χ3n) is 7.74. The van der Waals surface area contributed by atoms with Crippen LogP contribution in [-0.2, 0) is 20.2 Å². The molecule has 0 saturated carbocycles. The molecule has 2 atom stereocenters. The predicted molar refractivity (Wildman–Crippen MR) is 175 cm³/mol. The summed E-state index contributed by atoms with van der Waals surface area (Å²) in [5, 5.41) is 0. The molecule has 0 aliphatic heterocycles. The molecule has 0 spiro atoms. The fourth-order valence-electron chi connectivity index (χ4n) is 5.35. The van der Waals surface area contributed by atoms with Crippen molar-refractivity contribution in [3.63, 3.8) is 0 Å². The quantitative estimate of drug-likeness (QED) is 0.0442. The molecule has 0 fully saturated rings. The Labute approximate surface area is 277 Å². The van der Waals surface area contributed by atoms with Crippen LogP contribution in [-0.4, -0.2) is 64.7 Å². The first-order valence-corrected chi connectivity index (χ1v) is 20.0. The number of unbranched alkanes of at least 4 members (excludes halogenated alkanes) is 16. The van der Waals surface area contributed by atoms with Crippen LogP contribution in [0.4, 0.5) is 0 Å². The van der Waals surface area contributed by atoms with Crippen LogP contribution >= 0.6 is 0 Å². The zero-order chi connectivity index (χ0) is 30.5. The maximum atomic E-state index is 10.9. The van der Waals surface area contributed by atoms with E-state index in [0.29, 0.717) is 0 Å². The SMILES string of the molecule is CCCCCCCCC(CCCCCC)CS(=O)(=O)[O-].CCCCCCCCC(CCCCCC)CS(=O)(=O)[O-].[Pb+2]. The Morgan fingerprint density at radius 2 is 0.585 bits per heavy atom. The van der Waals surface area contributed by atoms with Crippen LogP contribution in [0.15, 0.2) is 0 Å². The number of rotatable bonds is 28. The van der Waals surface area contributed by atoms with Crippen LogP contribution in [0.1, 0.15) is 182 Å². The van der Waals surface area contributed by atoms with Crippen LogP contribution in [0.2, 0.25) is 0 Å². The average molecular weight is 818 g/mol. The van der Waals surface area contributed by atoms with Gasteiger partial charge in [0.2, 0.25) is 0 Å². The van der Waals surface area contributed by atoms with Gasteiger partial charge in [-0.15, -0.1) is 0 Å². The zero-order valence-corrected chi connectivity index (χ0v) is 32.8. The second-order valence-electron chi connectivity index (χ2n) is 12.0. The number of hydrogen-bond donors (Lipinski definition) is 0. The second-order valence-corrected chi connectivity index (χ2v) is 14.9. The molecule has 2 radical (unpaired) electrons. The Bertz CT molecular complexity index is 666. The summed E-state index contributed by atoms with van der Waals surface area (Å²) in [5.74, 6) is -0.150. The molecule has 0 heterocycles. The summed E-state index contributed by atoms with van der Waals surface area (Å²) in [6, 6.07) is 0. The van der Waals surface area contributed by atoms with Gasteiger partial charge in [-0.05, 0) is 37.5 Å². The molecule has 6 nitrogen and oxygen atoms in total. The van der Waals surface area contributed by atoms with E-state index in [2.05, 4.69) is 27.7 Å². The van der Waals surface area contributed by atoms with E-state index in [-0.39, 0.29) is 50.6 Å². The largest absolute Gasteiger partial charge is 2.00 e. The van der Waals surface area contributed by atoms with Crippen molar-refractivity contribution in [1.29, 1.82) is 0 Å². The van der Waals surface area contributed by atoms with E-state index in [0.717, 1.165) is 64.2 Å². The van der Waals surface area contributed by atoms with Crippen LogP contribution < -0.4 is 0 Å². The van der Waals surface area contributed by atoms with Crippen LogP contribution in [0, 0.1) is 11.8 Å². The minimum Gasteiger partial charge on any atom is -0.748 e. The molecule has 0 N–H and O–H groups in total. The van der Waals surface area contributed by atoms with Crippen molar-refractivity contribution in [1.82, 2.24) is 0 Å². The third-order valence-corrected chi connectivity index (χ3v) is 9.50. The molecular formula is C32H66O6PbS2. The Morgan fingerprint density at radius 1 is 0.390 bits per heavy atom. The molecule has 0 aromatic heterocycles. The van der Waals surface area contributed by atoms with Crippen molar-refractivity contribution in [2.75, 3.05) is 11.5 Å². The van der Waals surface area contributed by atoms with Gasteiger partial charge in [0.25, 0.3) is 0 Å². The molecule has 9 heteroatoms. The molecule has 0 rings (SSSR count). The number of hydrogen-bond acceptors (Lipinski definition) is 6. The average Bonchev–Trinajstić information content (AvgIpc) is 2.87. The summed E-state index contributed by atoms with van der Waals surface area (Å²) >= 11 is 0. The van der Waals surface area contributed by atoms with Gasteiger partial charge in [0.15, 0.2) is 0 Å². The topological polar surface area (TPSA) is 114 Å². The summed E-state index contributed by atoms with van der Waals surface area (Å²) in [4.78, 5) is 0. The van der Waals surface area contributed by atoms with E-state index in [4.69, 9.17) is 0 Å². The van der Waals surface area contributed by atoms with E-state index in [1.807, 2.05) is 0 Å². The summed E-state index contributed by atoms with van der Waals surface area (Å²) in [5.41, 5.74) is 0. The molecule has 0 aliphatic rings. The van der Waals surface area contributed by atoms with Crippen LogP contribution in [0.25, 0.3) is 0 Å². The molecule has 0 aliphatic carbocycles. The fraction of sp³-hybridized carbons (Fsp3) is 1.00. The minimum atomic E-state index is -4.07. The third kappa shape index (κ3) is 40.7. The molecule has 0 amide bonds. The molecule has 0 saturated heterocycles. The van der Waals surface area contributed by atoms with E-state index < -0.39 is 20.2 Å². The standard InChI is InChI=1S/2C16H34O3S.Pb/c2*1-3-5-7-9-10-12-14-16(15-20(17,18)19)13-11-8-6-4-2;/h2*16H,3-15H2,1-2H3,(H,17,18,19);/q;;+2/p-2. The monoisotopic (exact) mass is 818 g/mol. The first-order valence-electron chi connectivity index (χ1n) is 16.9. The van der Waals surface area contributed by atoms with Gasteiger partial charge in [0.1, 0.15) is 0 Å². The van der Waals surface area contributed by atoms with Crippen molar-refractivity contribution in [2.45, 2.75) is 182 Å². The first kappa shape index (κ1) is 46.2. The Balaban J connectivity index is -0.000000688. The summed E-state index contributed by atoms with van der Waals surface area (Å²) in [6.07, 6.45) is 27.4. The fourth-order valence-corrected chi connectivity index (χ4v) is 7.17. The van der Waals surface area contributed by atoms with E-state index in [9.17, 15) is 25.9 Å². The van der Waals surface area contributed by atoms with Gasteiger partial charge in [-0.25, -0.2) is 16.8 Å². The summed E-state index contributed by atoms with van der Waals surface area (Å²) in [7, 11) is -8.13. The Morgan fingerprint density at radius 3 is 0.805 bits per heavy atom. The molecule has 0 aromatic rings. The summed E-state index contributed by atoms with van der Waals surface area (Å²) < 4.78 is 65.7. The summed E-state index contributed by atoms with van der Waals surface area (Å²) in [6.45, 7) is 8.72. The molecule has 246 valence electrons. The van der Waals surface area contributed by atoms with Gasteiger partial charge in [-0.1, -0.05) is 156 Å². The van der Waals surface area contributed by atoms with Crippen molar-refractivity contribution in [2.24, 2.45) is 11.8 Å². The van der Waals surface area contributed by atoms with Gasteiger partial charge in [-0.2, -0.15) is 0 Å². The van der Waals surface area contributed by atoms with E-state index in [1.54, 1.807) is 0 Å². The molecule has 2 unspecified atom stereocenters. The van der Waals surface area contributed by atoms with Gasteiger partial charge >= 0.3 is 27.3 Å². The maximum Gasteiger partial charge on any atom is 2.00 e. The minimum absolute atomic E-state index is 0. The van der Waals surface area contributed by atoms with Crippen molar-refractivity contribution in [3.05, 3.63) is 0 Å². The van der Waals surface area contributed by atoms with Crippen molar-refractivity contribution < 1.29 is 25.9 Å². The van der Waals surface area contributed by atoms with Crippen molar-refractivity contribution >= 4 is 47.5 Å². The molecule has 41 heavy (non-hydrogen) atoms. The molecule has 0 bridgehead atoms. The van der Waals surface area contributed by atoms with Crippen molar-refractivity contribution in [3.8, 4) is 0 Å². The second kappa shape index (κ2) is 32.1. The van der Waals surface area contributed by atoms with Crippen LogP contribution in [0.5, 0.6) is 0 Å².